The number of rotatable bonds is 4. The molecule has 24 heavy (non-hydrogen) atoms. The Labute approximate surface area is 142 Å². The minimum absolute atomic E-state index is 0.894. The molecule has 0 unspecified atom stereocenters. The van der Waals surface area contributed by atoms with E-state index in [0.29, 0.717) is 0 Å². The zero-order valence-corrected chi connectivity index (χ0v) is 14.1. The number of pyridine rings is 1. The number of fused-ring (bicyclic) bond motifs is 1. The third-order valence-corrected chi connectivity index (χ3v) is 4.81. The lowest BCUT2D eigenvalue weighted by atomic mass is 10.2. The molecule has 1 aliphatic heterocycles. The molecule has 1 fully saturated rings. The van der Waals surface area contributed by atoms with Crippen LogP contribution in [0.1, 0.15) is 17.0 Å². The van der Waals surface area contributed by atoms with Gasteiger partial charge in [0.1, 0.15) is 11.3 Å². The topological polar surface area (TPSA) is 32.5 Å². The van der Waals surface area contributed by atoms with Gasteiger partial charge in [-0.3, -0.25) is 14.8 Å². The molecule has 0 N–H and O–H groups in total. The minimum Gasteiger partial charge on any atom is -0.460 e. The van der Waals surface area contributed by atoms with Crippen LogP contribution in [-0.4, -0.2) is 41.0 Å². The van der Waals surface area contributed by atoms with Gasteiger partial charge in [0, 0.05) is 44.3 Å². The van der Waals surface area contributed by atoms with Gasteiger partial charge in [-0.05, 0) is 30.7 Å². The van der Waals surface area contributed by atoms with Gasteiger partial charge in [-0.2, -0.15) is 0 Å². The SMILES string of the molecule is Cc1cccnc1CN1CCN(Cc2cc3ccccc3o2)CC1. The lowest BCUT2D eigenvalue weighted by Crippen LogP contribution is -2.45. The summed E-state index contributed by atoms with van der Waals surface area (Å²) in [4.78, 5) is 9.48. The molecule has 0 spiro atoms. The van der Waals surface area contributed by atoms with Crippen LogP contribution in [0.4, 0.5) is 0 Å². The van der Waals surface area contributed by atoms with E-state index in [-0.39, 0.29) is 0 Å². The Bertz CT molecular complexity index is 785. The van der Waals surface area contributed by atoms with Crippen LogP contribution in [0.5, 0.6) is 0 Å². The molecular formula is C20H23N3O. The highest BCUT2D eigenvalue weighted by molar-refractivity contribution is 5.77. The molecule has 4 rings (SSSR count). The number of piperazine rings is 1. The molecule has 0 bridgehead atoms. The third-order valence-electron chi connectivity index (χ3n) is 4.81. The minimum atomic E-state index is 0.894. The molecule has 0 radical (unpaired) electrons. The Kier molecular flexibility index (Phi) is 4.32. The number of hydrogen-bond acceptors (Lipinski definition) is 4. The lowest BCUT2D eigenvalue weighted by Gasteiger charge is -2.34. The second-order valence-corrected chi connectivity index (χ2v) is 6.57. The van der Waals surface area contributed by atoms with E-state index in [2.05, 4.69) is 46.0 Å². The average molecular weight is 321 g/mol. The first-order valence-electron chi connectivity index (χ1n) is 8.60. The van der Waals surface area contributed by atoms with E-state index in [1.165, 1.54) is 16.6 Å². The summed E-state index contributed by atoms with van der Waals surface area (Å²) in [6, 6.07) is 14.5. The van der Waals surface area contributed by atoms with Crippen molar-refractivity contribution in [2.75, 3.05) is 26.2 Å². The first-order chi connectivity index (χ1) is 11.8. The maximum absolute atomic E-state index is 5.94. The number of aryl methyl sites for hydroxylation is 1. The van der Waals surface area contributed by atoms with Crippen molar-refractivity contribution in [3.05, 3.63) is 65.7 Å². The van der Waals surface area contributed by atoms with Gasteiger partial charge in [-0.25, -0.2) is 0 Å². The summed E-state index contributed by atoms with van der Waals surface area (Å²) >= 11 is 0. The lowest BCUT2D eigenvalue weighted by molar-refractivity contribution is 0.115. The quantitative estimate of drug-likeness (QED) is 0.737. The summed E-state index contributed by atoms with van der Waals surface area (Å²) in [5.41, 5.74) is 3.46. The van der Waals surface area contributed by atoms with Crippen molar-refractivity contribution in [1.29, 1.82) is 0 Å². The molecule has 1 saturated heterocycles. The van der Waals surface area contributed by atoms with Gasteiger partial charge in [0.05, 0.1) is 12.2 Å². The van der Waals surface area contributed by atoms with Gasteiger partial charge in [0.15, 0.2) is 0 Å². The fourth-order valence-electron chi connectivity index (χ4n) is 3.34. The maximum atomic E-state index is 5.94. The van der Waals surface area contributed by atoms with Gasteiger partial charge in [-0.15, -0.1) is 0 Å². The molecule has 3 aromatic rings. The van der Waals surface area contributed by atoms with Crippen molar-refractivity contribution in [1.82, 2.24) is 14.8 Å². The third kappa shape index (κ3) is 3.35. The van der Waals surface area contributed by atoms with Crippen molar-refractivity contribution in [3.63, 3.8) is 0 Å². The normalized spacial score (nSPS) is 16.7. The molecule has 1 aliphatic rings. The van der Waals surface area contributed by atoms with Crippen LogP contribution in [0.2, 0.25) is 0 Å². The maximum Gasteiger partial charge on any atom is 0.134 e. The van der Waals surface area contributed by atoms with Gasteiger partial charge >= 0.3 is 0 Å². The van der Waals surface area contributed by atoms with Crippen LogP contribution in [0.25, 0.3) is 11.0 Å². The Morgan fingerprint density at radius 1 is 0.958 bits per heavy atom. The van der Waals surface area contributed by atoms with E-state index in [1.54, 1.807) is 0 Å². The zero-order chi connectivity index (χ0) is 16.4. The van der Waals surface area contributed by atoms with Crippen LogP contribution < -0.4 is 0 Å². The molecule has 0 aliphatic carbocycles. The largest absolute Gasteiger partial charge is 0.460 e. The zero-order valence-electron chi connectivity index (χ0n) is 14.1. The van der Waals surface area contributed by atoms with Crippen LogP contribution in [0, 0.1) is 6.92 Å². The summed E-state index contributed by atoms with van der Waals surface area (Å²) < 4.78 is 5.94. The Hall–Kier alpha value is -2.17. The molecular weight excluding hydrogens is 298 g/mol. The van der Waals surface area contributed by atoms with Crippen molar-refractivity contribution in [2.24, 2.45) is 0 Å². The number of nitrogens with zero attached hydrogens (tertiary/aromatic N) is 3. The van der Waals surface area contributed by atoms with E-state index in [4.69, 9.17) is 4.42 Å². The Morgan fingerprint density at radius 3 is 2.46 bits per heavy atom. The van der Waals surface area contributed by atoms with Gasteiger partial charge in [0.25, 0.3) is 0 Å². The molecule has 3 heterocycles. The Balaban J connectivity index is 1.33. The standard InChI is InChI=1S/C20H23N3O/c1-16-5-4-8-21-19(16)15-23-11-9-22(10-12-23)14-18-13-17-6-2-3-7-20(17)24-18/h2-8,13H,9-12,14-15H2,1H3. The predicted octanol–water partition coefficient (Wildman–Crippen LogP) is 3.45. The summed E-state index contributed by atoms with van der Waals surface area (Å²) in [5.74, 6) is 1.06. The number of benzene rings is 1. The van der Waals surface area contributed by atoms with Crippen LogP contribution in [0.3, 0.4) is 0 Å². The number of aromatic nitrogens is 1. The van der Waals surface area contributed by atoms with Crippen molar-refractivity contribution < 1.29 is 4.42 Å². The summed E-state index contributed by atoms with van der Waals surface area (Å²) in [6.45, 7) is 8.29. The van der Waals surface area contributed by atoms with E-state index < -0.39 is 0 Å². The first kappa shape index (κ1) is 15.4. The fraction of sp³-hybridized carbons (Fsp3) is 0.350. The number of hydrogen-bond donors (Lipinski definition) is 0. The van der Waals surface area contributed by atoms with Crippen molar-refractivity contribution >= 4 is 11.0 Å². The first-order valence-corrected chi connectivity index (χ1v) is 8.60. The molecule has 1 aromatic carbocycles. The molecule has 4 nitrogen and oxygen atoms in total. The van der Waals surface area contributed by atoms with Crippen molar-refractivity contribution in [2.45, 2.75) is 20.0 Å². The molecule has 2 aromatic heterocycles. The second kappa shape index (κ2) is 6.75. The highest BCUT2D eigenvalue weighted by Crippen LogP contribution is 2.20. The molecule has 124 valence electrons. The van der Waals surface area contributed by atoms with Crippen molar-refractivity contribution in [3.8, 4) is 0 Å². The highest BCUT2D eigenvalue weighted by Gasteiger charge is 2.19. The summed E-state index contributed by atoms with van der Waals surface area (Å²) in [7, 11) is 0. The fourth-order valence-corrected chi connectivity index (χ4v) is 3.34. The predicted molar refractivity (Wildman–Crippen MR) is 95.7 cm³/mol. The van der Waals surface area contributed by atoms with E-state index in [9.17, 15) is 0 Å². The molecule has 0 saturated carbocycles. The van der Waals surface area contributed by atoms with E-state index in [1.807, 2.05) is 24.4 Å². The summed E-state index contributed by atoms with van der Waals surface area (Å²) in [5, 5.41) is 1.19. The molecule has 0 amide bonds. The van der Waals surface area contributed by atoms with E-state index in [0.717, 1.165) is 50.6 Å². The smallest absolute Gasteiger partial charge is 0.134 e. The molecule has 4 heteroatoms. The second-order valence-electron chi connectivity index (χ2n) is 6.57. The number of para-hydroxylation sites is 1. The van der Waals surface area contributed by atoms with Gasteiger partial charge < -0.3 is 4.42 Å². The number of furan rings is 1. The summed E-state index contributed by atoms with van der Waals surface area (Å²) in [6.07, 6.45) is 1.89. The van der Waals surface area contributed by atoms with Gasteiger partial charge in [0.2, 0.25) is 0 Å². The van der Waals surface area contributed by atoms with Crippen LogP contribution >= 0.6 is 0 Å². The van der Waals surface area contributed by atoms with E-state index >= 15 is 0 Å². The molecule has 0 atom stereocenters. The monoisotopic (exact) mass is 321 g/mol. The Morgan fingerprint density at radius 2 is 1.71 bits per heavy atom. The van der Waals surface area contributed by atoms with Gasteiger partial charge in [-0.1, -0.05) is 24.3 Å². The van der Waals surface area contributed by atoms with Crippen LogP contribution in [-0.2, 0) is 13.1 Å². The highest BCUT2D eigenvalue weighted by atomic mass is 16.3. The average Bonchev–Trinajstić information content (AvgIpc) is 3.01. The van der Waals surface area contributed by atoms with Crippen LogP contribution in [0.15, 0.2) is 53.1 Å².